The zero-order valence-electron chi connectivity index (χ0n) is 69.0. The first-order chi connectivity index (χ1) is 50.9. The van der Waals surface area contributed by atoms with Crippen molar-refractivity contribution < 1.29 is 80.2 Å². The summed E-state index contributed by atoms with van der Waals surface area (Å²) >= 11 is 0. The van der Waals surface area contributed by atoms with Crippen LogP contribution in [0.5, 0.6) is 0 Å². The van der Waals surface area contributed by atoms with Crippen molar-refractivity contribution in [1.29, 1.82) is 0 Å². The summed E-state index contributed by atoms with van der Waals surface area (Å²) in [7, 11) is -9.92. The van der Waals surface area contributed by atoms with Crippen molar-refractivity contribution in [1.82, 2.24) is 0 Å². The topological polar surface area (TPSA) is 237 Å². The quantitative estimate of drug-likeness (QED) is 0.0222. The molecule has 0 aromatic heterocycles. The van der Waals surface area contributed by atoms with Crippen LogP contribution in [0.3, 0.4) is 0 Å². The van der Waals surface area contributed by atoms with E-state index < -0.39 is 97.5 Å². The van der Waals surface area contributed by atoms with E-state index in [-0.39, 0.29) is 25.7 Å². The molecule has 0 saturated heterocycles. The molecule has 0 fully saturated rings. The third-order valence-corrected chi connectivity index (χ3v) is 22.1. The predicted molar refractivity (Wildman–Crippen MR) is 432 cm³/mol. The number of rotatable bonds is 85. The van der Waals surface area contributed by atoms with Gasteiger partial charge in [0.05, 0.1) is 26.4 Å². The zero-order valence-corrected chi connectivity index (χ0v) is 70.8. The van der Waals surface area contributed by atoms with E-state index in [2.05, 4.69) is 41.5 Å². The predicted octanol–water partition coefficient (Wildman–Crippen LogP) is 26.2. The first-order valence-electron chi connectivity index (χ1n) is 44.5. The Kier molecular flexibility index (Phi) is 76.0. The lowest BCUT2D eigenvalue weighted by atomic mass is 10.0. The minimum absolute atomic E-state index is 0.109. The molecule has 105 heavy (non-hydrogen) atoms. The monoisotopic (exact) mass is 1540 g/mol. The molecule has 0 aliphatic heterocycles. The standard InChI is InChI=1S/C86H168O17P2/c1-7-9-11-13-15-17-18-19-20-21-22-23-31-36-41-46-52-58-64-70-85(90)102-81(74-96-83(88)68-62-56-50-16-14-12-10-8-2)76-100-104(92,93)98-72-80(87)73-99-105(94,95)101-77-82(103-86(91)71-65-59-53-47-42-37-32-27-25-29-34-39-44-49-55-61-67-79(5)6)75-97-84(89)69-63-57-51-45-40-35-30-26-24-28-33-38-43-48-54-60-66-78(3)4/h78-82,87H,7-77H2,1-6H3,(H,92,93)(H,94,95)/t80-,81+,82+/m0/s1. The zero-order chi connectivity index (χ0) is 77.1. The molecule has 0 amide bonds. The van der Waals surface area contributed by atoms with E-state index in [0.717, 1.165) is 108 Å². The molecule has 0 saturated carbocycles. The molecule has 624 valence electrons. The summed E-state index contributed by atoms with van der Waals surface area (Å²) in [4.78, 5) is 73.1. The van der Waals surface area contributed by atoms with Crippen molar-refractivity contribution in [3.63, 3.8) is 0 Å². The number of ether oxygens (including phenoxy) is 4. The highest BCUT2D eigenvalue weighted by Crippen LogP contribution is 2.45. The van der Waals surface area contributed by atoms with Gasteiger partial charge in [0.2, 0.25) is 0 Å². The number of hydrogen-bond acceptors (Lipinski definition) is 15. The lowest BCUT2D eigenvalue weighted by Crippen LogP contribution is -2.30. The van der Waals surface area contributed by atoms with E-state index in [4.69, 9.17) is 37.0 Å². The number of esters is 4. The second kappa shape index (κ2) is 77.4. The average molecular weight is 1540 g/mol. The Morgan fingerprint density at radius 3 is 0.648 bits per heavy atom. The van der Waals surface area contributed by atoms with Crippen LogP contribution in [0.25, 0.3) is 0 Å². The van der Waals surface area contributed by atoms with Gasteiger partial charge in [0, 0.05) is 25.7 Å². The van der Waals surface area contributed by atoms with Crippen LogP contribution in [0.15, 0.2) is 0 Å². The normalized spacial score (nSPS) is 13.8. The molecule has 0 bridgehead atoms. The van der Waals surface area contributed by atoms with Gasteiger partial charge in [0.1, 0.15) is 19.3 Å². The molecule has 0 heterocycles. The third kappa shape index (κ3) is 79.9. The molecule has 0 aliphatic carbocycles. The summed E-state index contributed by atoms with van der Waals surface area (Å²) < 4.78 is 68.8. The molecular weight excluding hydrogens is 1370 g/mol. The number of hydrogen-bond donors (Lipinski definition) is 3. The molecule has 3 N–H and O–H groups in total. The lowest BCUT2D eigenvalue weighted by molar-refractivity contribution is -0.161. The van der Waals surface area contributed by atoms with E-state index in [1.54, 1.807) is 0 Å². The van der Waals surface area contributed by atoms with Crippen LogP contribution < -0.4 is 0 Å². The molecule has 0 aromatic rings. The number of carbonyl (C=O) groups is 4. The van der Waals surface area contributed by atoms with Gasteiger partial charge in [-0.05, 0) is 37.5 Å². The maximum Gasteiger partial charge on any atom is 0.472 e. The molecular formula is C86H168O17P2. The van der Waals surface area contributed by atoms with E-state index in [9.17, 15) is 43.2 Å². The maximum atomic E-state index is 13.1. The van der Waals surface area contributed by atoms with E-state index in [0.29, 0.717) is 25.7 Å². The van der Waals surface area contributed by atoms with Crippen molar-refractivity contribution in [2.24, 2.45) is 11.8 Å². The maximum absolute atomic E-state index is 13.1. The van der Waals surface area contributed by atoms with Crippen LogP contribution in [0, 0.1) is 11.8 Å². The SMILES string of the molecule is CCCCCCCCCCCCCCCCCCCCCC(=O)O[C@H](COC(=O)CCCCCCCCCC)COP(=O)(O)OC[C@H](O)COP(=O)(O)OC[C@@H](COC(=O)CCCCCCCCCCCCCCCCCCC(C)C)OC(=O)CCCCCCCCCCCCCCCCCCC(C)C. The summed E-state index contributed by atoms with van der Waals surface area (Å²) in [6.07, 6.45) is 69.5. The molecule has 2 unspecified atom stereocenters. The number of phosphoric ester groups is 2. The van der Waals surface area contributed by atoms with Gasteiger partial charge in [-0.15, -0.1) is 0 Å². The fraction of sp³-hybridized carbons (Fsp3) is 0.953. The largest absolute Gasteiger partial charge is 0.472 e. The molecule has 0 aliphatic rings. The van der Waals surface area contributed by atoms with Crippen LogP contribution in [0.4, 0.5) is 0 Å². The summed E-state index contributed by atoms with van der Waals surface area (Å²) in [5.74, 6) is -0.482. The molecule has 5 atom stereocenters. The average Bonchev–Trinajstić information content (AvgIpc) is 0.915. The van der Waals surface area contributed by atoms with Crippen molar-refractivity contribution in [3.8, 4) is 0 Å². The van der Waals surface area contributed by atoms with Gasteiger partial charge in [-0.25, -0.2) is 9.13 Å². The minimum Gasteiger partial charge on any atom is -0.462 e. The first kappa shape index (κ1) is 103. The van der Waals surface area contributed by atoms with Crippen LogP contribution in [-0.4, -0.2) is 96.7 Å². The van der Waals surface area contributed by atoms with Crippen molar-refractivity contribution in [3.05, 3.63) is 0 Å². The van der Waals surface area contributed by atoms with E-state index in [1.807, 2.05) is 0 Å². The van der Waals surface area contributed by atoms with Gasteiger partial charge in [-0.1, -0.05) is 408 Å². The van der Waals surface area contributed by atoms with Crippen LogP contribution >= 0.6 is 15.6 Å². The highest BCUT2D eigenvalue weighted by molar-refractivity contribution is 7.47. The van der Waals surface area contributed by atoms with Gasteiger partial charge in [-0.3, -0.25) is 37.3 Å². The van der Waals surface area contributed by atoms with Gasteiger partial charge in [-0.2, -0.15) is 0 Å². The summed E-state index contributed by atoms with van der Waals surface area (Å²) in [6.45, 7) is 9.71. The Labute approximate surface area is 645 Å². The Hall–Kier alpha value is -1.94. The van der Waals surface area contributed by atoms with E-state index in [1.165, 1.54) is 270 Å². The van der Waals surface area contributed by atoms with Gasteiger partial charge < -0.3 is 33.8 Å². The summed E-state index contributed by atoms with van der Waals surface area (Å²) in [5, 5.41) is 10.7. The Balaban J connectivity index is 5.18. The number of aliphatic hydroxyl groups is 1. The molecule has 0 radical (unpaired) electrons. The second-order valence-corrected chi connectivity index (χ2v) is 34.8. The molecule has 0 spiro atoms. The number of phosphoric acid groups is 2. The van der Waals surface area contributed by atoms with E-state index >= 15 is 0 Å². The van der Waals surface area contributed by atoms with Crippen LogP contribution in [0.2, 0.25) is 0 Å². The first-order valence-corrected chi connectivity index (χ1v) is 47.5. The van der Waals surface area contributed by atoms with Crippen molar-refractivity contribution >= 4 is 39.5 Å². The number of carbonyl (C=O) groups excluding carboxylic acids is 4. The molecule has 17 nitrogen and oxygen atoms in total. The highest BCUT2D eigenvalue weighted by Gasteiger charge is 2.30. The molecule has 0 aromatic carbocycles. The summed E-state index contributed by atoms with van der Waals surface area (Å²) in [6, 6.07) is 0. The fourth-order valence-corrected chi connectivity index (χ4v) is 15.0. The van der Waals surface area contributed by atoms with Gasteiger partial charge in [0.25, 0.3) is 0 Å². The Bertz CT molecular complexity index is 2010. The number of aliphatic hydroxyl groups excluding tert-OH is 1. The Morgan fingerprint density at radius 1 is 0.257 bits per heavy atom. The lowest BCUT2D eigenvalue weighted by Gasteiger charge is -2.21. The minimum atomic E-state index is -4.96. The highest BCUT2D eigenvalue weighted by atomic mass is 31.2. The molecule has 19 heteroatoms. The van der Waals surface area contributed by atoms with Crippen LogP contribution in [0.1, 0.15) is 459 Å². The smallest absolute Gasteiger partial charge is 0.462 e. The summed E-state index contributed by atoms with van der Waals surface area (Å²) in [5.41, 5.74) is 0. The Morgan fingerprint density at radius 2 is 0.438 bits per heavy atom. The second-order valence-electron chi connectivity index (χ2n) is 31.9. The van der Waals surface area contributed by atoms with Crippen LogP contribution in [-0.2, 0) is 65.4 Å². The van der Waals surface area contributed by atoms with Gasteiger partial charge in [0.15, 0.2) is 12.2 Å². The third-order valence-electron chi connectivity index (χ3n) is 20.2. The fourth-order valence-electron chi connectivity index (χ4n) is 13.4. The molecule has 0 rings (SSSR count). The van der Waals surface area contributed by atoms with Crippen molar-refractivity contribution in [2.45, 2.75) is 477 Å². The number of unbranched alkanes of at least 4 members (excludes halogenated alkanes) is 55. The van der Waals surface area contributed by atoms with Crippen molar-refractivity contribution in [2.75, 3.05) is 39.6 Å². The van der Waals surface area contributed by atoms with Gasteiger partial charge >= 0.3 is 39.5 Å².